The van der Waals surface area contributed by atoms with Crippen molar-refractivity contribution in [2.45, 2.75) is 33.1 Å². The van der Waals surface area contributed by atoms with Crippen LogP contribution in [0, 0.1) is 25.7 Å². The van der Waals surface area contributed by atoms with Gasteiger partial charge in [-0.2, -0.15) is 0 Å². The Hall–Kier alpha value is -2.43. The second-order valence-electron chi connectivity index (χ2n) is 6.55. The molecule has 1 fully saturated rings. The number of allylic oxidation sites excluding steroid dienone is 2. The van der Waals surface area contributed by atoms with Gasteiger partial charge in [0.2, 0.25) is 17.7 Å². The molecule has 24 heavy (non-hydrogen) atoms. The predicted octanol–water partition coefficient (Wildman–Crippen LogP) is 2.58. The van der Waals surface area contributed by atoms with Crippen molar-refractivity contribution in [2.75, 3.05) is 11.9 Å². The van der Waals surface area contributed by atoms with Crippen LogP contribution in [0.4, 0.5) is 5.69 Å². The average molecular weight is 326 g/mol. The lowest BCUT2D eigenvalue weighted by Crippen LogP contribution is -2.34. The van der Waals surface area contributed by atoms with E-state index >= 15 is 0 Å². The lowest BCUT2D eigenvalue weighted by atomic mass is 9.85. The number of anilines is 1. The second kappa shape index (κ2) is 6.59. The third-order valence-corrected chi connectivity index (χ3v) is 4.91. The summed E-state index contributed by atoms with van der Waals surface area (Å²) < 4.78 is 0. The Bertz CT molecular complexity index is 677. The molecule has 5 nitrogen and oxygen atoms in total. The van der Waals surface area contributed by atoms with E-state index in [0.29, 0.717) is 12.8 Å². The van der Waals surface area contributed by atoms with Crippen molar-refractivity contribution in [1.82, 2.24) is 4.90 Å². The lowest BCUT2D eigenvalue weighted by Gasteiger charge is -2.15. The summed E-state index contributed by atoms with van der Waals surface area (Å²) in [5, 5.41) is 2.89. The first-order valence-electron chi connectivity index (χ1n) is 8.35. The summed E-state index contributed by atoms with van der Waals surface area (Å²) in [6.07, 6.45) is 5.30. The van der Waals surface area contributed by atoms with Gasteiger partial charge in [0, 0.05) is 18.7 Å². The van der Waals surface area contributed by atoms with E-state index in [9.17, 15) is 14.4 Å². The van der Waals surface area contributed by atoms with E-state index in [0.717, 1.165) is 16.8 Å². The van der Waals surface area contributed by atoms with Crippen LogP contribution in [0.2, 0.25) is 0 Å². The van der Waals surface area contributed by atoms with Crippen molar-refractivity contribution in [2.24, 2.45) is 11.8 Å². The maximum Gasteiger partial charge on any atom is 0.233 e. The summed E-state index contributed by atoms with van der Waals surface area (Å²) in [5.74, 6) is -0.905. The molecule has 0 bridgehead atoms. The van der Waals surface area contributed by atoms with Crippen molar-refractivity contribution in [1.29, 1.82) is 0 Å². The minimum Gasteiger partial charge on any atom is -0.326 e. The number of likely N-dealkylation sites (tertiary alicyclic amines) is 1. The standard InChI is InChI=1S/C19H22N2O3/c1-12-6-5-7-13(2)17(12)20-16(22)10-11-21-18(23)14-8-3-4-9-15(14)19(21)24/h3-7,14-15H,8-11H2,1-2H3,(H,20,22)/t14-,15-/m0/s1. The Morgan fingerprint density at radius 3 is 2.17 bits per heavy atom. The molecule has 1 heterocycles. The molecule has 0 aromatic heterocycles. The molecule has 3 amide bonds. The summed E-state index contributed by atoms with van der Waals surface area (Å²) in [6.45, 7) is 4.03. The molecule has 1 N–H and O–H groups in total. The Kier molecular flexibility index (Phi) is 4.51. The molecule has 0 radical (unpaired) electrons. The van der Waals surface area contributed by atoms with Gasteiger partial charge in [0.15, 0.2) is 0 Å². The molecule has 0 saturated carbocycles. The zero-order chi connectivity index (χ0) is 17.3. The SMILES string of the molecule is Cc1cccc(C)c1NC(=O)CCN1C(=O)[C@H]2CC=CC[C@@H]2C1=O. The molecule has 5 heteroatoms. The molecule has 2 aliphatic rings. The molecule has 0 unspecified atom stereocenters. The number of rotatable bonds is 4. The van der Waals surface area contributed by atoms with E-state index < -0.39 is 0 Å². The molecule has 2 atom stereocenters. The van der Waals surface area contributed by atoms with Gasteiger partial charge in [-0.1, -0.05) is 30.4 Å². The molecule has 1 aromatic rings. The number of para-hydroxylation sites is 1. The van der Waals surface area contributed by atoms with E-state index in [1.165, 1.54) is 4.90 Å². The Morgan fingerprint density at radius 1 is 1.08 bits per heavy atom. The van der Waals surface area contributed by atoms with Crippen molar-refractivity contribution >= 4 is 23.4 Å². The Balaban J connectivity index is 1.61. The quantitative estimate of drug-likeness (QED) is 0.683. The number of fused-ring (bicyclic) bond motifs is 1. The van der Waals surface area contributed by atoms with Crippen molar-refractivity contribution in [3.05, 3.63) is 41.5 Å². The highest BCUT2D eigenvalue weighted by Crippen LogP contribution is 2.35. The number of aryl methyl sites for hydroxylation is 2. The van der Waals surface area contributed by atoms with Crippen LogP contribution >= 0.6 is 0 Å². The smallest absolute Gasteiger partial charge is 0.233 e. The summed E-state index contributed by atoms with van der Waals surface area (Å²) in [4.78, 5) is 38.2. The number of carbonyl (C=O) groups excluding carboxylic acids is 3. The molecule has 126 valence electrons. The van der Waals surface area contributed by atoms with Crippen LogP contribution in [-0.4, -0.2) is 29.2 Å². The summed E-state index contributed by atoms with van der Waals surface area (Å²) in [7, 11) is 0. The predicted molar refractivity (Wildman–Crippen MR) is 91.2 cm³/mol. The first kappa shape index (κ1) is 16.4. The zero-order valence-electron chi connectivity index (χ0n) is 14.0. The number of benzene rings is 1. The molecule has 3 rings (SSSR count). The number of nitrogens with one attached hydrogen (secondary N) is 1. The maximum atomic E-state index is 12.4. The Labute approximate surface area is 141 Å². The van der Waals surface area contributed by atoms with Crippen LogP contribution in [0.25, 0.3) is 0 Å². The third-order valence-electron chi connectivity index (χ3n) is 4.91. The summed E-state index contributed by atoms with van der Waals surface area (Å²) >= 11 is 0. The third kappa shape index (κ3) is 2.98. The highest BCUT2D eigenvalue weighted by atomic mass is 16.2. The number of carbonyl (C=O) groups is 3. The van der Waals surface area contributed by atoms with Gasteiger partial charge in [0.1, 0.15) is 0 Å². The highest BCUT2D eigenvalue weighted by molar-refractivity contribution is 6.05. The molecule has 1 aromatic carbocycles. The van der Waals surface area contributed by atoms with Gasteiger partial charge in [-0.25, -0.2) is 0 Å². The van der Waals surface area contributed by atoms with Gasteiger partial charge in [-0.15, -0.1) is 0 Å². The average Bonchev–Trinajstić information content (AvgIpc) is 2.81. The van der Waals surface area contributed by atoms with Gasteiger partial charge in [-0.05, 0) is 37.8 Å². The lowest BCUT2D eigenvalue weighted by molar-refractivity contribution is -0.140. The first-order valence-corrected chi connectivity index (χ1v) is 8.35. The molecular formula is C19H22N2O3. The van der Waals surface area contributed by atoms with E-state index in [2.05, 4.69) is 5.32 Å². The minimum absolute atomic E-state index is 0.123. The van der Waals surface area contributed by atoms with Crippen molar-refractivity contribution in [3.63, 3.8) is 0 Å². The summed E-state index contributed by atoms with van der Waals surface area (Å²) in [6, 6.07) is 5.82. The normalized spacial score (nSPS) is 22.7. The molecule has 1 aliphatic heterocycles. The zero-order valence-corrected chi connectivity index (χ0v) is 14.0. The van der Waals surface area contributed by atoms with Gasteiger partial charge >= 0.3 is 0 Å². The molecule has 0 spiro atoms. The fourth-order valence-electron chi connectivity index (χ4n) is 3.52. The highest BCUT2D eigenvalue weighted by Gasteiger charge is 2.46. The van der Waals surface area contributed by atoms with Crippen LogP contribution in [0.1, 0.15) is 30.4 Å². The number of amides is 3. The van der Waals surface area contributed by atoms with Gasteiger partial charge < -0.3 is 5.32 Å². The van der Waals surface area contributed by atoms with Gasteiger partial charge in [0.05, 0.1) is 11.8 Å². The van der Waals surface area contributed by atoms with E-state index in [4.69, 9.17) is 0 Å². The fraction of sp³-hybridized carbons (Fsp3) is 0.421. The fourth-order valence-corrected chi connectivity index (χ4v) is 3.52. The van der Waals surface area contributed by atoms with E-state index in [1.54, 1.807) is 0 Å². The van der Waals surface area contributed by atoms with Gasteiger partial charge in [-0.3, -0.25) is 19.3 Å². The first-order chi connectivity index (χ1) is 11.5. The molecule has 1 saturated heterocycles. The number of nitrogens with zero attached hydrogens (tertiary/aromatic N) is 1. The van der Waals surface area contributed by atoms with E-state index in [1.807, 2.05) is 44.2 Å². The van der Waals surface area contributed by atoms with Crippen LogP contribution in [0.5, 0.6) is 0 Å². The largest absolute Gasteiger partial charge is 0.326 e. The van der Waals surface area contributed by atoms with Gasteiger partial charge in [0.25, 0.3) is 0 Å². The second-order valence-corrected chi connectivity index (χ2v) is 6.55. The molecular weight excluding hydrogens is 304 g/mol. The topological polar surface area (TPSA) is 66.5 Å². The van der Waals surface area contributed by atoms with E-state index in [-0.39, 0.29) is 42.5 Å². The number of hydrogen-bond donors (Lipinski definition) is 1. The molecule has 1 aliphatic carbocycles. The Morgan fingerprint density at radius 2 is 1.62 bits per heavy atom. The minimum atomic E-state index is -0.232. The van der Waals surface area contributed by atoms with Crippen molar-refractivity contribution < 1.29 is 14.4 Å². The monoisotopic (exact) mass is 326 g/mol. The number of imide groups is 1. The van der Waals surface area contributed by atoms with Crippen LogP contribution in [-0.2, 0) is 14.4 Å². The maximum absolute atomic E-state index is 12.4. The van der Waals surface area contributed by atoms with Crippen LogP contribution in [0.15, 0.2) is 30.4 Å². The van der Waals surface area contributed by atoms with Crippen molar-refractivity contribution in [3.8, 4) is 0 Å². The number of hydrogen-bond acceptors (Lipinski definition) is 3. The van der Waals surface area contributed by atoms with Crippen LogP contribution in [0.3, 0.4) is 0 Å². The summed E-state index contributed by atoms with van der Waals surface area (Å²) in [5.41, 5.74) is 2.79. The van der Waals surface area contributed by atoms with Crippen LogP contribution < -0.4 is 5.32 Å².